The second kappa shape index (κ2) is 5.92. The van der Waals surface area contributed by atoms with Gasteiger partial charge in [0, 0.05) is 17.7 Å². The monoisotopic (exact) mass is 321 g/mol. The van der Waals surface area contributed by atoms with Gasteiger partial charge in [0.05, 0.1) is 9.82 Å². The highest BCUT2D eigenvalue weighted by atomic mass is 32.2. The van der Waals surface area contributed by atoms with Crippen molar-refractivity contribution in [3.05, 3.63) is 70.3 Å². The second-order valence-electron chi connectivity index (χ2n) is 4.23. The van der Waals surface area contributed by atoms with Crippen LogP contribution < -0.4 is 5.84 Å². The van der Waals surface area contributed by atoms with E-state index in [1.165, 1.54) is 42.5 Å². The van der Waals surface area contributed by atoms with E-state index in [9.17, 15) is 23.3 Å². The number of nitro groups is 1. The summed E-state index contributed by atoms with van der Waals surface area (Å²) >= 11 is 0. The molecule has 0 saturated heterocycles. The molecule has 114 valence electrons. The van der Waals surface area contributed by atoms with E-state index < -0.39 is 20.9 Å². The van der Waals surface area contributed by atoms with E-state index in [1.54, 1.807) is 6.07 Å². The van der Waals surface area contributed by atoms with Crippen LogP contribution in [0, 0.1) is 10.1 Å². The fourth-order valence-corrected chi connectivity index (χ4v) is 2.75. The van der Waals surface area contributed by atoms with Crippen LogP contribution in [-0.2, 0) is 10.0 Å². The van der Waals surface area contributed by atoms with Crippen molar-refractivity contribution in [3.63, 3.8) is 0 Å². The number of sulfonamides is 1. The fourth-order valence-electron chi connectivity index (χ4n) is 1.69. The summed E-state index contributed by atoms with van der Waals surface area (Å²) in [6.45, 7) is 0. The van der Waals surface area contributed by atoms with Crippen molar-refractivity contribution in [2.24, 2.45) is 5.84 Å². The van der Waals surface area contributed by atoms with E-state index in [2.05, 4.69) is 0 Å². The van der Waals surface area contributed by atoms with Gasteiger partial charge in [0.1, 0.15) is 0 Å². The minimum atomic E-state index is -4.23. The molecule has 0 atom stereocenters. The van der Waals surface area contributed by atoms with Gasteiger partial charge < -0.3 is 0 Å². The number of rotatable bonds is 4. The summed E-state index contributed by atoms with van der Waals surface area (Å²) in [6.07, 6.45) is 0. The molecule has 2 aromatic rings. The van der Waals surface area contributed by atoms with Crippen LogP contribution >= 0.6 is 0 Å². The number of nitro benzene ring substituents is 1. The number of hydrogen-bond donors (Lipinski definition) is 1. The highest BCUT2D eigenvalue weighted by molar-refractivity contribution is 7.89. The van der Waals surface area contributed by atoms with Crippen molar-refractivity contribution in [2.45, 2.75) is 4.90 Å². The molecule has 0 radical (unpaired) electrons. The zero-order valence-electron chi connectivity index (χ0n) is 11.1. The number of carbonyl (C=O) groups is 1. The molecule has 2 N–H and O–H groups in total. The Balaban J connectivity index is 2.37. The van der Waals surface area contributed by atoms with E-state index in [0.29, 0.717) is 0 Å². The number of hydrazine groups is 1. The van der Waals surface area contributed by atoms with Crippen molar-refractivity contribution in [1.82, 2.24) is 4.41 Å². The van der Waals surface area contributed by atoms with E-state index in [0.717, 1.165) is 6.07 Å². The van der Waals surface area contributed by atoms with Crippen molar-refractivity contribution in [3.8, 4) is 0 Å². The first-order valence-electron chi connectivity index (χ1n) is 5.98. The van der Waals surface area contributed by atoms with Gasteiger partial charge in [-0.1, -0.05) is 24.3 Å². The summed E-state index contributed by atoms with van der Waals surface area (Å²) < 4.78 is 24.5. The summed E-state index contributed by atoms with van der Waals surface area (Å²) in [5.41, 5.74) is -0.535. The lowest BCUT2D eigenvalue weighted by Crippen LogP contribution is -2.42. The highest BCUT2D eigenvalue weighted by Crippen LogP contribution is 2.18. The Kier molecular flexibility index (Phi) is 4.20. The Morgan fingerprint density at radius 3 is 2.32 bits per heavy atom. The smallest absolute Gasteiger partial charge is 0.266 e. The zero-order chi connectivity index (χ0) is 16.3. The quantitative estimate of drug-likeness (QED) is 0.392. The third kappa shape index (κ3) is 2.95. The van der Waals surface area contributed by atoms with Crippen LogP contribution in [0.2, 0.25) is 0 Å². The molecule has 0 spiro atoms. The van der Waals surface area contributed by atoms with Crippen molar-refractivity contribution >= 4 is 21.6 Å². The van der Waals surface area contributed by atoms with Gasteiger partial charge >= 0.3 is 0 Å². The first-order chi connectivity index (χ1) is 10.3. The van der Waals surface area contributed by atoms with Crippen LogP contribution in [0.5, 0.6) is 0 Å². The van der Waals surface area contributed by atoms with E-state index in [-0.39, 0.29) is 20.6 Å². The van der Waals surface area contributed by atoms with Gasteiger partial charge in [-0.2, -0.15) is 12.8 Å². The summed E-state index contributed by atoms with van der Waals surface area (Å²) in [7, 11) is -4.23. The zero-order valence-corrected chi connectivity index (χ0v) is 11.9. The topological polar surface area (TPSA) is 124 Å². The summed E-state index contributed by atoms with van der Waals surface area (Å²) in [4.78, 5) is 22.0. The third-order valence-electron chi connectivity index (χ3n) is 2.80. The maximum Gasteiger partial charge on any atom is 0.282 e. The number of nitrogens with zero attached hydrogens (tertiary/aromatic N) is 2. The molecular formula is C13H11N3O5S. The van der Waals surface area contributed by atoms with Crippen molar-refractivity contribution < 1.29 is 18.1 Å². The molecule has 0 aliphatic heterocycles. The van der Waals surface area contributed by atoms with E-state index in [4.69, 9.17) is 5.84 Å². The molecule has 1 amide bonds. The largest absolute Gasteiger partial charge is 0.282 e. The number of benzene rings is 2. The van der Waals surface area contributed by atoms with Gasteiger partial charge in [-0.15, -0.1) is 0 Å². The first-order valence-corrected chi connectivity index (χ1v) is 7.42. The Bertz CT molecular complexity index is 821. The molecule has 8 nitrogen and oxygen atoms in total. The average Bonchev–Trinajstić information content (AvgIpc) is 2.54. The molecule has 0 bridgehead atoms. The van der Waals surface area contributed by atoms with Crippen LogP contribution in [0.15, 0.2) is 59.5 Å². The van der Waals surface area contributed by atoms with Gasteiger partial charge in [-0.3, -0.25) is 14.9 Å². The van der Waals surface area contributed by atoms with Gasteiger partial charge in [0.15, 0.2) is 0 Å². The number of hydrogen-bond acceptors (Lipinski definition) is 6. The summed E-state index contributed by atoms with van der Waals surface area (Å²) in [5, 5.41) is 10.7. The molecule has 0 heterocycles. The van der Waals surface area contributed by atoms with Crippen LogP contribution in [0.25, 0.3) is 0 Å². The molecule has 0 aliphatic rings. The van der Waals surface area contributed by atoms with E-state index in [1.807, 2.05) is 0 Å². The number of non-ortho nitro benzene ring substituents is 1. The molecule has 0 aliphatic carbocycles. The van der Waals surface area contributed by atoms with Gasteiger partial charge in [-0.25, -0.2) is 5.84 Å². The van der Waals surface area contributed by atoms with Crippen LogP contribution in [0.1, 0.15) is 10.4 Å². The van der Waals surface area contributed by atoms with Crippen molar-refractivity contribution in [2.75, 3.05) is 0 Å². The lowest BCUT2D eigenvalue weighted by Gasteiger charge is -2.16. The predicted molar refractivity (Wildman–Crippen MR) is 77.1 cm³/mol. The van der Waals surface area contributed by atoms with Gasteiger partial charge in [-0.05, 0) is 18.2 Å². The number of amides is 1. The highest BCUT2D eigenvalue weighted by Gasteiger charge is 2.28. The Hall–Kier alpha value is -2.78. The molecule has 22 heavy (non-hydrogen) atoms. The van der Waals surface area contributed by atoms with Crippen LogP contribution in [0.3, 0.4) is 0 Å². The maximum atomic E-state index is 12.2. The van der Waals surface area contributed by atoms with E-state index >= 15 is 0 Å². The molecule has 2 aromatic carbocycles. The minimum Gasteiger partial charge on any atom is -0.266 e. The average molecular weight is 321 g/mol. The molecule has 0 fully saturated rings. The molecule has 0 aromatic heterocycles. The van der Waals surface area contributed by atoms with Crippen LogP contribution in [0.4, 0.5) is 5.69 Å². The summed E-state index contributed by atoms with van der Waals surface area (Å²) in [6, 6.07) is 11.8. The van der Waals surface area contributed by atoms with Crippen molar-refractivity contribution in [1.29, 1.82) is 0 Å². The minimum absolute atomic E-state index is 0.0708. The lowest BCUT2D eigenvalue weighted by molar-refractivity contribution is -0.384. The standard InChI is InChI=1S/C13H11N3O5S/c14-15(22(20,21)12-7-2-1-3-8-12)13(17)10-5-4-6-11(9-10)16(18)19/h1-9H,14H2. The first kappa shape index (κ1) is 15.6. The Morgan fingerprint density at radius 1 is 1.09 bits per heavy atom. The maximum absolute atomic E-state index is 12.2. The van der Waals surface area contributed by atoms with Crippen LogP contribution in [-0.4, -0.2) is 23.7 Å². The fraction of sp³-hybridized carbons (Fsp3) is 0. The molecule has 0 saturated carbocycles. The molecular weight excluding hydrogens is 310 g/mol. The number of nitrogens with two attached hydrogens (primary N) is 1. The molecule has 9 heteroatoms. The SMILES string of the molecule is NN(C(=O)c1cccc([N+](=O)[O-])c1)S(=O)(=O)c1ccccc1. The number of carbonyl (C=O) groups excluding carboxylic acids is 1. The van der Waals surface area contributed by atoms with Gasteiger partial charge in [0.25, 0.3) is 21.6 Å². The molecule has 0 unspecified atom stereocenters. The second-order valence-corrected chi connectivity index (χ2v) is 6.04. The molecule has 2 rings (SSSR count). The Morgan fingerprint density at radius 2 is 1.73 bits per heavy atom. The Labute approximate surface area is 125 Å². The third-order valence-corrected chi connectivity index (χ3v) is 4.36. The summed E-state index contributed by atoms with van der Waals surface area (Å²) in [5.74, 6) is 4.35. The predicted octanol–water partition coefficient (Wildman–Crippen LogP) is 1.30. The normalized spacial score (nSPS) is 11.0. The lowest BCUT2D eigenvalue weighted by atomic mass is 10.2. The van der Waals surface area contributed by atoms with Gasteiger partial charge in [0.2, 0.25) is 0 Å².